The van der Waals surface area contributed by atoms with Gasteiger partial charge < -0.3 is 9.84 Å². The Morgan fingerprint density at radius 2 is 1.93 bits per heavy atom. The van der Waals surface area contributed by atoms with E-state index in [2.05, 4.69) is 26.8 Å². The van der Waals surface area contributed by atoms with Crippen LogP contribution in [0.4, 0.5) is 0 Å². The average Bonchev–Trinajstić information content (AvgIpc) is 2.98. The number of carbonyl (C=O) groups excluding carboxylic acids is 1. The van der Waals surface area contributed by atoms with Crippen LogP contribution in [-0.2, 0) is 14.3 Å². The third-order valence-electron chi connectivity index (χ3n) is 9.65. The maximum Gasteiger partial charge on any atom is 0.303 e. The summed E-state index contributed by atoms with van der Waals surface area (Å²) in [5, 5.41) is 9.31. The highest BCUT2D eigenvalue weighted by atomic mass is 16.5. The molecule has 0 aromatic rings. The molecule has 4 rings (SSSR count). The third kappa shape index (κ3) is 3.45. The summed E-state index contributed by atoms with van der Waals surface area (Å²) in [5.74, 6) is 2.19. The standard InChI is InChI=1S/C25H38O4/c1-15(13-23(27)28)20-7-8-21-19-6-5-17-14-18(29-16(2)26)9-11-24(17,3)22(19)10-12-25(20,21)4/h5,15,18-22H,6-14H2,1-4H3,(H,27,28)/t15-,18-,19+,20-,21+,22+,24+,25-/m1/s1. The van der Waals surface area contributed by atoms with Gasteiger partial charge in [-0.1, -0.05) is 32.4 Å². The van der Waals surface area contributed by atoms with E-state index in [1.807, 2.05) is 0 Å². The van der Waals surface area contributed by atoms with Gasteiger partial charge in [0.15, 0.2) is 0 Å². The molecule has 3 fully saturated rings. The Labute approximate surface area is 175 Å². The Balaban J connectivity index is 1.54. The zero-order valence-electron chi connectivity index (χ0n) is 18.6. The summed E-state index contributed by atoms with van der Waals surface area (Å²) in [6.07, 6.45) is 12.0. The number of hydrogen-bond donors (Lipinski definition) is 1. The predicted octanol–water partition coefficient (Wildman–Crippen LogP) is 5.61. The molecule has 3 saturated carbocycles. The normalized spacial score (nSPS) is 44.7. The number of carboxylic acids is 1. The predicted molar refractivity (Wildman–Crippen MR) is 112 cm³/mol. The van der Waals surface area contributed by atoms with Gasteiger partial charge in [-0.25, -0.2) is 0 Å². The molecule has 0 bridgehead atoms. The molecule has 0 amide bonds. The Kier molecular flexibility index (Phi) is 5.36. The monoisotopic (exact) mass is 402 g/mol. The first-order chi connectivity index (χ1) is 13.6. The van der Waals surface area contributed by atoms with Crippen molar-refractivity contribution in [1.82, 2.24) is 0 Å². The van der Waals surface area contributed by atoms with Crippen molar-refractivity contribution < 1.29 is 19.4 Å². The van der Waals surface area contributed by atoms with Crippen LogP contribution in [0.2, 0.25) is 0 Å². The highest BCUT2D eigenvalue weighted by molar-refractivity contribution is 5.67. The van der Waals surface area contributed by atoms with Crippen LogP contribution in [0.1, 0.15) is 85.5 Å². The van der Waals surface area contributed by atoms with Gasteiger partial charge in [0, 0.05) is 19.8 Å². The molecule has 0 radical (unpaired) electrons. The van der Waals surface area contributed by atoms with E-state index in [1.165, 1.54) is 38.2 Å². The molecule has 4 aliphatic rings. The van der Waals surface area contributed by atoms with E-state index >= 15 is 0 Å². The number of carbonyl (C=O) groups is 2. The summed E-state index contributed by atoms with van der Waals surface area (Å²) in [6, 6.07) is 0. The van der Waals surface area contributed by atoms with Crippen LogP contribution < -0.4 is 0 Å². The van der Waals surface area contributed by atoms with Crippen LogP contribution in [0.5, 0.6) is 0 Å². The van der Waals surface area contributed by atoms with Gasteiger partial charge in [-0.2, -0.15) is 0 Å². The lowest BCUT2D eigenvalue weighted by Gasteiger charge is -2.58. The number of carboxylic acid groups (broad SMARTS) is 1. The molecule has 162 valence electrons. The second-order valence-electron chi connectivity index (χ2n) is 11.0. The smallest absolute Gasteiger partial charge is 0.303 e. The van der Waals surface area contributed by atoms with Crippen molar-refractivity contribution in [2.24, 2.45) is 40.4 Å². The Morgan fingerprint density at radius 1 is 1.17 bits per heavy atom. The van der Waals surface area contributed by atoms with Crippen molar-refractivity contribution >= 4 is 11.9 Å². The molecule has 0 unspecified atom stereocenters. The number of rotatable bonds is 4. The lowest BCUT2D eigenvalue weighted by molar-refractivity contribution is -0.149. The van der Waals surface area contributed by atoms with Crippen molar-refractivity contribution in [3.05, 3.63) is 11.6 Å². The largest absolute Gasteiger partial charge is 0.481 e. The van der Waals surface area contributed by atoms with Gasteiger partial charge in [-0.3, -0.25) is 9.59 Å². The molecular formula is C25H38O4. The topological polar surface area (TPSA) is 63.6 Å². The van der Waals surface area contributed by atoms with Gasteiger partial charge in [0.2, 0.25) is 0 Å². The van der Waals surface area contributed by atoms with Crippen molar-refractivity contribution in [3.63, 3.8) is 0 Å². The third-order valence-corrected chi connectivity index (χ3v) is 9.65. The zero-order valence-corrected chi connectivity index (χ0v) is 18.6. The van der Waals surface area contributed by atoms with Gasteiger partial charge in [-0.05, 0) is 85.4 Å². The number of esters is 1. The fraction of sp³-hybridized carbons (Fsp3) is 0.840. The number of fused-ring (bicyclic) bond motifs is 5. The van der Waals surface area contributed by atoms with E-state index in [0.29, 0.717) is 17.8 Å². The van der Waals surface area contributed by atoms with Gasteiger partial charge >= 0.3 is 11.9 Å². The van der Waals surface area contributed by atoms with E-state index in [-0.39, 0.29) is 23.4 Å². The Hall–Kier alpha value is -1.32. The van der Waals surface area contributed by atoms with Crippen LogP contribution in [0.15, 0.2) is 11.6 Å². The van der Waals surface area contributed by atoms with Crippen molar-refractivity contribution in [1.29, 1.82) is 0 Å². The van der Waals surface area contributed by atoms with Gasteiger partial charge in [0.1, 0.15) is 6.10 Å². The molecule has 0 aromatic heterocycles. The number of hydrogen-bond acceptors (Lipinski definition) is 3. The van der Waals surface area contributed by atoms with E-state index in [0.717, 1.165) is 43.4 Å². The van der Waals surface area contributed by atoms with Crippen molar-refractivity contribution in [3.8, 4) is 0 Å². The quantitative estimate of drug-likeness (QED) is 0.490. The average molecular weight is 403 g/mol. The fourth-order valence-electron chi connectivity index (χ4n) is 8.36. The molecule has 4 heteroatoms. The first kappa shape index (κ1) is 20.9. The molecule has 4 aliphatic carbocycles. The van der Waals surface area contributed by atoms with E-state index in [9.17, 15) is 14.7 Å². The first-order valence-corrected chi connectivity index (χ1v) is 11.7. The van der Waals surface area contributed by atoms with Crippen LogP contribution in [-0.4, -0.2) is 23.1 Å². The maximum atomic E-state index is 11.4. The lowest BCUT2D eigenvalue weighted by atomic mass is 9.47. The van der Waals surface area contributed by atoms with Crippen molar-refractivity contribution in [2.75, 3.05) is 0 Å². The minimum atomic E-state index is -0.652. The van der Waals surface area contributed by atoms with E-state index in [1.54, 1.807) is 0 Å². The van der Waals surface area contributed by atoms with Gasteiger partial charge in [-0.15, -0.1) is 0 Å². The molecule has 8 atom stereocenters. The van der Waals surface area contributed by atoms with Gasteiger partial charge in [0.05, 0.1) is 0 Å². The molecule has 4 nitrogen and oxygen atoms in total. The van der Waals surface area contributed by atoms with E-state index < -0.39 is 5.97 Å². The summed E-state index contributed by atoms with van der Waals surface area (Å²) >= 11 is 0. The minimum Gasteiger partial charge on any atom is -0.481 e. The second kappa shape index (κ2) is 7.42. The summed E-state index contributed by atoms with van der Waals surface area (Å²) in [7, 11) is 0. The molecule has 0 spiro atoms. The summed E-state index contributed by atoms with van der Waals surface area (Å²) in [4.78, 5) is 22.7. The molecule has 29 heavy (non-hydrogen) atoms. The second-order valence-corrected chi connectivity index (χ2v) is 11.0. The Morgan fingerprint density at radius 3 is 2.62 bits per heavy atom. The summed E-state index contributed by atoms with van der Waals surface area (Å²) in [6.45, 7) is 8.63. The summed E-state index contributed by atoms with van der Waals surface area (Å²) in [5.41, 5.74) is 2.09. The highest BCUT2D eigenvalue weighted by Gasteiger charge is 2.59. The highest BCUT2D eigenvalue weighted by Crippen LogP contribution is 2.67. The van der Waals surface area contributed by atoms with Gasteiger partial charge in [0.25, 0.3) is 0 Å². The summed E-state index contributed by atoms with van der Waals surface area (Å²) < 4.78 is 5.55. The fourth-order valence-corrected chi connectivity index (χ4v) is 8.36. The maximum absolute atomic E-state index is 11.4. The SMILES string of the molecule is CC(=O)O[C@@H]1CC[C@@]2(C)C(=CC[C@H]3[C@@H]4CC[C@H]([C@H](C)CC(=O)O)[C@@]4(C)CC[C@@H]32)C1. The van der Waals surface area contributed by atoms with Crippen LogP contribution >= 0.6 is 0 Å². The Bertz CT molecular complexity index is 712. The zero-order chi connectivity index (χ0) is 21.0. The number of aliphatic carboxylic acids is 1. The molecule has 0 aromatic carbocycles. The molecule has 0 saturated heterocycles. The molecule has 0 aliphatic heterocycles. The van der Waals surface area contributed by atoms with Crippen LogP contribution in [0.25, 0.3) is 0 Å². The van der Waals surface area contributed by atoms with Crippen molar-refractivity contribution in [2.45, 2.75) is 91.6 Å². The number of allylic oxidation sites excluding steroid dienone is 1. The lowest BCUT2D eigenvalue weighted by Crippen LogP contribution is -2.51. The molecule has 0 heterocycles. The van der Waals surface area contributed by atoms with Crippen LogP contribution in [0.3, 0.4) is 0 Å². The molecular weight excluding hydrogens is 364 g/mol. The minimum absolute atomic E-state index is 0.0601. The van der Waals surface area contributed by atoms with Crippen LogP contribution in [0, 0.1) is 40.4 Å². The first-order valence-electron chi connectivity index (χ1n) is 11.7. The molecule has 1 N–H and O–H groups in total. The number of ether oxygens (including phenoxy) is 1. The van der Waals surface area contributed by atoms with E-state index in [4.69, 9.17) is 4.74 Å².